The van der Waals surface area contributed by atoms with Crippen LogP contribution in [0.5, 0.6) is 0 Å². The lowest BCUT2D eigenvalue weighted by Gasteiger charge is -2.36. The van der Waals surface area contributed by atoms with Crippen LogP contribution in [0.1, 0.15) is 100.0 Å². The number of allylic oxidation sites excluding steroid dienone is 10. The number of ketones is 1. The molecule has 0 amide bonds. The smallest absolute Gasteiger partial charge is 0.360 e. The molecule has 6 atom stereocenters. The minimum absolute atomic E-state index is 0.0907. The number of hydrogen-bond donors (Lipinski definition) is 1. The first kappa shape index (κ1) is 42.1. The maximum Gasteiger partial charge on any atom is 0.360 e. The van der Waals surface area contributed by atoms with Gasteiger partial charge in [-0.3, -0.25) is 4.79 Å². The second-order valence-electron chi connectivity index (χ2n) is 14.9. The van der Waals surface area contributed by atoms with E-state index in [0.717, 1.165) is 6.42 Å². The highest BCUT2D eigenvalue weighted by molar-refractivity contribution is 5.94. The second kappa shape index (κ2) is 20.2. The van der Waals surface area contributed by atoms with Gasteiger partial charge in [-0.1, -0.05) is 119 Å². The predicted octanol–water partition coefficient (Wildman–Crippen LogP) is 8.95. The average molecular weight is 741 g/mol. The molecule has 2 aromatic rings. The Balaban J connectivity index is 1.57. The van der Waals surface area contributed by atoms with Gasteiger partial charge in [0.25, 0.3) is 0 Å². The molecule has 290 valence electrons. The summed E-state index contributed by atoms with van der Waals surface area (Å²) in [5.41, 5.74) is -0.596. The van der Waals surface area contributed by atoms with Crippen molar-refractivity contribution in [3.05, 3.63) is 127 Å². The van der Waals surface area contributed by atoms with Crippen molar-refractivity contribution in [2.75, 3.05) is 7.11 Å². The van der Waals surface area contributed by atoms with Gasteiger partial charge in [0.1, 0.15) is 36.5 Å². The van der Waals surface area contributed by atoms with Gasteiger partial charge in [0.05, 0.1) is 18.6 Å². The number of nitrogens with zero attached hydrogens (tertiary/aromatic N) is 2. The molecule has 2 aliphatic rings. The van der Waals surface area contributed by atoms with Crippen LogP contribution in [0.3, 0.4) is 0 Å². The highest BCUT2D eigenvalue weighted by Crippen LogP contribution is 2.38. The van der Waals surface area contributed by atoms with E-state index < -0.39 is 23.6 Å². The number of ether oxygens (including phenoxy) is 3. The van der Waals surface area contributed by atoms with E-state index in [-0.39, 0.29) is 53.2 Å². The number of aromatic nitrogens is 2. The predicted molar refractivity (Wildman–Crippen MR) is 210 cm³/mol. The van der Waals surface area contributed by atoms with E-state index in [1.807, 2.05) is 101 Å². The third-order valence-electron chi connectivity index (χ3n) is 9.97. The summed E-state index contributed by atoms with van der Waals surface area (Å²) < 4.78 is 28.7. The normalized spacial score (nSPS) is 28.1. The third-order valence-corrected chi connectivity index (χ3v) is 9.97. The van der Waals surface area contributed by atoms with E-state index in [2.05, 4.69) is 29.9 Å². The van der Waals surface area contributed by atoms with E-state index in [1.165, 1.54) is 12.5 Å². The summed E-state index contributed by atoms with van der Waals surface area (Å²) in [5, 5.41) is 11.0. The summed E-state index contributed by atoms with van der Waals surface area (Å²) in [5.74, 6) is -0.213. The first-order chi connectivity index (χ1) is 25.9. The zero-order valence-electron chi connectivity index (χ0n) is 32.6. The minimum Gasteiger partial charge on any atom is -0.457 e. The van der Waals surface area contributed by atoms with Crippen molar-refractivity contribution < 1.29 is 37.7 Å². The van der Waals surface area contributed by atoms with Crippen molar-refractivity contribution in [1.29, 1.82) is 0 Å². The molecule has 0 aliphatic carbocycles. The van der Waals surface area contributed by atoms with Crippen molar-refractivity contribution in [3.63, 3.8) is 0 Å². The molecule has 2 aliphatic heterocycles. The molecule has 4 heterocycles. The maximum atomic E-state index is 13.4. The quantitative estimate of drug-likeness (QED) is 0.166. The first-order valence-electron chi connectivity index (χ1n) is 18.6. The summed E-state index contributed by atoms with van der Waals surface area (Å²) in [6.07, 6.45) is 33.6. The fraction of sp³-hybridized carbons (Fsp3) is 0.455. The Bertz CT molecular complexity index is 1760. The zero-order chi connectivity index (χ0) is 39.1. The van der Waals surface area contributed by atoms with Crippen LogP contribution in [-0.2, 0) is 20.6 Å². The Kier molecular flexibility index (Phi) is 15.7. The molecule has 1 unspecified atom stereocenters. The molecule has 0 aromatic carbocycles. The topological polar surface area (TPSA) is 137 Å². The highest BCUT2D eigenvalue weighted by Gasteiger charge is 2.37. The van der Waals surface area contributed by atoms with Crippen molar-refractivity contribution in [1.82, 2.24) is 9.97 Å². The SMILES string of the molecule is C/C=C/CC(C)(C)[C@@H]1C/C=C\[C@H]2OC2/C=C/C=C\c2nc(co2)C(=O)C[C@H](C(C)(C)[C@@H](O)/C=C/C)C\C=C/C=C\C=C\[C@H](OC)Cc2nc(co2)C(=O)O1. The molecule has 4 bridgehead atoms. The monoisotopic (exact) mass is 740 g/mol. The number of aliphatic hydroxyl groups is 1. The van der Waals surface area contributed by atoms with Crippen LogP contribution in [0.15, 0.2) is 113 Å². The molecular formula is C44H56N2O8. The third kappa shape index (κ3) is 12.5. The Morgan fingerprint density at radius 2 is 1.61 bits per heavy atom. The summed E-state index contributed by atoms with van der Waals surface area (Å²) in [7, 11) is 1.60. The Labute approximate surface area is 319 Å². The first-order valence-corrected chi connectivity index (χ1v) is 18.6. The number of esters is 1. The number of aliphatic hydroxyl groups excluding tert-OH is 1. The van der Waals surface area contributed by atoms with Gasteiger partial charge in [0, 0.05) is 31.4 Å². The summed E-state index contributed by atoms with van der Waals surface area (Å²) in [6.45, 7) is 11.9. The van der Waals surface area contributed by atoms with Gasteiger partial charge in [0.15, 0.2) is 17.4 Å². The summed E-state index contributed by atoms with van der Waals surface area (Å²) in [6, 6.07) is 0. The largest absolute Gasteiger partial charge is 0.457 e. The number of Topliss-reactive ketones (excluding diaryl/α,β-unsaturated/α-hetero) is 1. The van der Waals surface area contributed by atoms with Gasteiger partial charge in [-0.05, 0) is 38.0 Å². The highest BCUT2D eigenvalue weighted by atomic mass is 16.6. The van der Waals surface area contributed by atoms with Crippen molar-refractivity contribution in [3.8, 4) is 0 Å². The van der Waals surface area contributed by atoms with E-state index >= 15 is 0 Å². The zero-order valence-corrected chi connectivity index (χ0v) is 32.6. The van der Waals surface area contributed by atoms with Crippen molar-refractivity contribution in [2.45, 2.75) is 104 Å². The lowest BCUT2D eigenvalue weighted by molar-refractivity contribution is -0.00641. The van der Waals surface area contributed by atoms with E-state index in [4.69, 9.17) is 23.0 Å². The molecule has 0 saturated carbocycles. The lowest BCUT2D eigenvalue weighted by atomic mass is 9.70. The van der Waals surface area contributed by atoms with Crippen LogP contribution in [0.25, 0.3) is 6.08 Å². The number of cyclic esters (lactones) is 1. The number of methoxy groups -OCH3 is 1. The number of hydrogen-bond acceptors (Lipinski definition) is 10. The minimum atomic E-state index is -0.739. The fourth-order valence-corrected chi connectivity index (χ4v) is 6.04. The van der Waals surface area contributed by atoms with Crippen LogP contribution in [0, 0.1) is 16.7 Å². The molecule has 1 saturated heterocycles. The van der Waals surface area contributed by atoms with Gasteiger partial charge in [-0.15, -0.1) is 0 Å². The Morgan fingerprint density at radius 1 is 0.870 bits per heavy atom. The molecular weight excluding hydrogens is 684 g/mol. The molecule has 10 nitrogen and oxygen atoms in total. The van der Waals surface area contributed by atoms with E-state index in [0.29, 0.717) is 31.0 Å². The number of carbonyl (C=O) groups is 2. The van der Waals surface area contributed by atoms with Crippen molar-refractivity contribution in [2.24, 2.45) is 16.7 Å². The molecule has 54 heavy (non-hydrogen) atoms. The lowest BCUT2D eigenvalue weighted by Crippen LogP contribution is -2.36. The fourth-order valence-electron chi connectivity index (χ4n) is 6.04. The Morgan fingerprint density at radius 3 is 2.37 bits per heavy atom. The summed E-state index contributed by atoms with van der Waals surface area (Å²) >= 11 is 0. The van der Waals surface area contributed by atoms with Crippen LogP contribution in [0.4, 0.5) is 0 Å². The average Bonchev–Trinajstić information content (AvgIpc) is 3.46. The number of rotatable bonds is 7. The molecule has 0 radical (unpaired) electrons. The van der Waals surface area contributed by atoms with Crippen LogP contribution in [-0.4, -0.2) is 64.5 Å². The summed E-state index contributed by atoms with van der Waals surface area (Å²) in [4.78, 5) is 35.6. The number of carbonyl (C=O) groups excluding carboxylic acids is 2. The second-order valence-corrected chi connectivity index (χ2v) is 14.9. The van der Waals surface area contributed by atoms with Gasteiger partial charge in [-0.2, -0.15) is 0 Å². The van der Waals surface area contributed by atoms with Crippen LogP contribution >= 0.6 is 0 Å². The van der Waals surface area contributed by atoms with Gasteiger partial charge in [0.2, 0.25) is 5.89 Å². The molecule has 4 rings (SSSR count). The van der Waals surface area contributed by atoms with Crippen molar-refractivity contribution >= 4 is 17.8 Å². The van der Waals surface area contributed by atoms with Gasteiger partial charge < -0.3 is 28.2 Å². The van der Waals surface area contributed by atoms with E-state index in [1.54, 1.807) is 25.3 Å². The number of fused-ring (bicyclic) bond motifs is 5. The van der Waals surface area contributed by atoms with Crippen LogP contribution < -0.4 is 0 Å². The Hall–Kier alpha value is -4.64. The van der Waals surface area contributed by atoms with Gasteiger partial charge in [-0.25, -0.2) is 14.8 Å². The molecule has 10 heteroatoms. The molecule has 0 spiro atoms. The van der Waals surface area contributed by atoms with E-state index in [9.17, 15) is 14.7 Å². The number of epoxide rings is 1. The molecule has 1 fully saturated rings. The number of oxazole rings is 2. The van der Waals surface area contributed by atoms with Gasteiger partial charge >= 0.3 is 5.97 Å². The standard InChI is InChI=1S/C44H56N2O8/c1-8-10-26-43(3,4)39-24-18-23-37-36(53-37)22-16-17-25-40-45-33(29-51-40)35(47)27-31(44(5,6)38(48)19-9-2)20-14-12-11-13-15-21-32(50-7)28-41-46-34(30-52-41)42(49)54-39/h8-19,21-23,25,29-32,36-39,48H,20,24,26-28H2,1-7H3/b10-8+,13-11-,14-12-,19-9+,21-15+,22-16+,23-18-,25-17-/t31-,32+,36?,37-,38+,39+/m1/s1. The molecule has 1 N–H and O–H groups in total. The maximum absolute atomic E-state index is 13.4. The molecule has 2 aromatic heterocycles. The van der Waals surface area contributed by atoms with Crippen LogP contribution in [0.2, 0.25) is 0 Å².